The summed E-state index contributed by atoms with van der Waals surface area (Å²) in [6, 6.07) is 16.2. The molecule has 122 valence electrons. The number of carbonyl (C=O) groups is 2. The summed E-state index contributed by atoms with van der Waals surface area (Å²) < 4.78 is 5.53. The third-order valence-electron chi connectivity index (χ3n) is 3.30. The van der Waals surface area contributed by atoms with Crippen molar-refractivity contribution in [3.8, 4) is 17.6 Å². The van der Waals surface area contributed by atoms with E-state index < -0.39 is 6.10 Å². The van der Waals surface area contributed by atoms with Crippen LogP contribution in [-0.2, 0) is 4.79 Å². The second-order valence-electron chi connectivity index (χ2n) is 5.23. The fourth-order valence-corrected chi connectivity index (χ4v) is 1.97. The van der Waals surface area contributed by atoms with Gasteiger partial charge in [-0.25, -0.2) is 0 Å². The Morgan fingerprint density at radius 2 is 1.75 bits per heavy atom. The number of amides is 1. The van der Waals surface area contributed by atoms with Gasteiger partial charge in [0.2, 0.25) is 0 Å². The van der Waals surface area contributed by atoms with E-state index in [2.05, 4.69) is 17.2 Å². The molecule has 1 amide bonds. The number of Topliss-reactive ketones (excluding diaryl/α,β-unsaturated/α-hetero) is 1. The molecule has 0 aliphatic rings. The fourth-order valence-electron chi connectivity index (χ4n) is 1.97. The van der Waals surface area contributed by atoms with E-state index in [0.29, 0.717) is 11.3 Å². The number of hydrogen-bond donors (Lipinski definition) is 1. The van der Waals surface area contributed by atoms with Crippen LogP contribution in [0, 0.1) is 11.8 Å². The Labute approximate surface area is 141 Å². The lowest BCUT2D eigenvalue weighted by Gasteiger charge is -2.13. The van der Waals surface area contributed by atoms with Gasteiger partial charge in [0.25, 0.3) is 5.91 Å². The summed E-state index contributed by atoms with van der Waals surface area (Å²) in [4.78, 5) is 23.1. The molecule has 0 aromatic heterocycles. The van der Waals surface area contributed by atoms with Crippen molar-refractivity contribution < 1.29 is 14.3 Å². The van der Waals surface area contributed by atoms with E-state index >= 15 is 0 Å². The van der Waals surface area contributed by atoms with Gasteiger partial charge in [0.1, 0.15) is 5.75 Å². The summed E-state index contributed by atoms with van der Waals surface area (Å²) in [6.07, 6.45) is -0.593. The quantitative estimate of drug-likeness (QED) is 0.680. The Bertz CT molecular complexity index is 755. The average molecular weight is 321 g/mol. The van der Waals surface area contributed by atoms with Crippen LogP contribution in [0.4, 0.5) is 0 Å². The fraction of sp³-hybridized carbons (Fsp3) is 0.200. The SMILES string of the molecule is CC(=O)c1ccc(C#CCNC(=O)C(C)Oc2ccccc2)cc1. The van der Waals surface area contributed by atoms with Crippen LogP contribution >= 0.6 is 0 Å². The van der Waals surface area contributed by atoms with Crippen molar-refractivity contribution >= 4 is 11.7 Å². The maximum atomic E-state index is 11.9. The molecule has 0 heterocycles. The highest BCUT2D eigenvalue weighted by Crippen LogP contribution is 2.10. The van der Waals surface area contributed by atoms with Crippen LogP contribution in [0.1, 0.15) is 29.8 Å². The molecule has 0 saturated carbocycles. The third kappa shape index (κ3) is 5.29. The second kappa shape index (κ2) is 8.54. The number of hydrogen-bond acceptors (Lipinski definition) is 3. The molecule has 2 aromatic rings. The molecule has 24 heavy (non-hydrogen) atoms. The van der Waals surface area contributed by atoms with Crippen LogP contribution in [0.25, 0.3) is 0 Å². The molecule has 4 nitrogen and oxygen atoms in total. The highest BCUT2D eigenvalue weighted by Gasteiger charge is 2.13. The van der Waals surface area contributed by atoms with Crippen molar-refractivity contribution in [3.05, 3.63) is 65.7 Å². The maximum Gasteiger partial charge on any atom is 0.261 e. The van der Waals surface area contributed by atoms with Crippen LogP contribution in [-0.4, -0.2) is 24.3 Å². The van der Waals surface area contributed by atoms with Crippen molar-refractivity contribution in [1.82, 2.24) is 5.32 Å². The minimum Gasteiger partial charge on any atom is -0.481 e. The monoisotopic (exact) mass is 321 g/mol. The molecule has 1 unspecified atom stereocenters. The molecule has 0 radical (unpaired) electrons. The summed E-state index contributed by atoms with van der Waals surface area (Å²) in [5.74, 6) is 6.27. The van der Waals surface area contributed by atoms with Crippen LogP contribution in [0.2, 0.25) is 0 Å². The van der Waals surface area contributed by atoms with Gasteiger partial charge < -0.3 is 10.1 Å². The van der Waals surface area contributed by atoms with Gasteiger partial charge >= 0.3 is 0 Å². The first-order valence-corrected chi connectivity index (χ1v) is 7.65. The van der Waals surface area contributed by atoms with Gasteiger partial charge in [0, 0.05) is 11.1 Å². The molecule has 0 aliphatic heterocycles. The number of benzene rings is 2. The van der Waals surface area contributed by atoms with Crippen LogP contribution < -0.4 is 10.1 Å². The molecule has 0 spiro atoms. The first-order valence-electron chi connectivity index (χ1n) is 7.65. The van der Waals surface area contributed by atoms with Gasteiger partial charge in [-0.3, -0.25) is 9.59 Å². The van der Waals surface area contributed by atoms with E-state index in [1.54, 1.807) is 43.3 Å². The summed E-state index contributed by atoms with van der Waals surface area (Å²) in [6.45, 7) is 3.45. The van der Waals surface area contributed by atoms with E-state index in [1.165, 1.54) is 6.92 Å². The van der Waals surface area contributed by atoms with Crippen molar-refractivity contribution in [1.29, 1.82) is 0 Å². The van der Waals surface area contributed by atoms with Gasteiger partial charge in [0.05, 0.1) is 6.54 Å². The number of ether oxygens (including phenoxy) is 1. The van der Waals surface area contributed by atoms with Crippen molar-refractivity contribution in [2.75, 3.05) is 6.54 Å². The lowest BCUT2D eigenvalue weighted by molar-refractivity contribution is -0.126. The van der Waals surface area contributed by atoms with Crippen LogP contribution in [0.3, 0.4) is 0 Å². The molecule has 2 aromatic carbocycles. The smallest absolute Gasteiger partial charge is 0.261 e. The molecule has 2 rings (SSSR count). The first-order chi connectivity index (χ1) is 11.6. The topological polar surface area (TPSA) is 55.4 Å². The zero-order valence-corrected chi connectivity index (χ0v) is 13.7. The standard InChI is InChI=1S/C20H19NO3/c1-15(22)18-12-10-17(11-13-18)7-6-14-21-20(23)16(2)24-19-8-4-3-5-9-19/h3-5,8-13,16H,14H2,1-2H3,(H,21,23). The molecule has 0 aliphatic carbocycles. The summed E-state index contributed by atoms with van der Waals surface area (Å²) in [5.41, 5.74) is 1.45. The van der Waals surface area contributed by atoms with Gasteiger partial charge in [-0.15, -0.1) is 0 Å². The van der Waals surface area contributed by atoms with Crippen LogP contribution in [0.5, 0.6) is 5.75 Å². The lowest BCUT2D eigenvalue weighted by atomic mass is 10.1. The second-order valence-corrected chi connectivity index (χ2v) is 5.23. The number of rotatable bonds is 5. The minimum atomic E-state index is -0.593. The number of para-hydroxylation sites is 1. The molecule has 1 atom stereocenters. The maximum absolute atomic E-state index is 11.9. The normalized spacial score (nSPS) is 10.9. The van der Waals surface area contributed by atoms with E-state index in [1.807, 2.05) is 18.2 Å². The average Bonchev–Trinajstić information content (AvgIpc) is 2.59. The van der Waals surface area contributed by atoms with Crippen LogP contribution in [0.15, 0.2) is 54.6 Å². The molecule has 4 heteroatoms. The third-order valence-corrected chi connectivity index (χ3v) is 3.30. The highest BCUT2D eigenvalue weighted by atomic mass is 16.5. The summed E-state index contributed by atoms with van der Waals surface area (Å²) >= 11 is 0. The zero-order chi connectivity index (χ0) is 17.4. The van der Waals surface area contributed by atoms with Gasteiger partial charge in [-0.2, -0.15) is 0 Å². The number of ketones is 1. The largest absolute Gasteiger partial charge is 0.481 e. The number of nitrogens with one attached hydrogen (secondary N) is 1. The predicted octanol–water partition coefficient (Wildman–Crippen LogP) is 2.82. The van der Waals surface area contributed by atoms with E-state index in [0.717, 1.165) is 5.56 Å². The molecule has 0 bridgehead atoms. The van der Waals surface area contributed by atoms with E-state index in [9.17, 15) is 9.59 Å². The van der Waals surface area contributed by atoms with Crippen molar-refractivity contribution in [2.24, 2.45) is 0 Å². The van der Waals surface area contributed by atoms with E-state index in [-0.39, 0.29) is 18.2 Å². The molecule has 0 fully saturated rings. The Morgan fingerprint density at radius 1 is 1.08 bits per heavy atom. The van der Waals surface area contributed by atoms with Gasteiger partial charge in [0.15, 0.2) is 11.9 Å². The van der Waals surface area contributed by atoms with E-state index in [4.69, 9.17) is 4.74 Å². The Morgan fingerprint density at radius 3 is 2.38 bits per heavy atom. The number of carbonyl (C=O) groups excluding carboxylic acids is 2. The first kappa shape index (κ1) is 17.3. The summed E-state index contributed by atoms with van der Waals surface area (Å²) in [5, 5.41) is 2.71. The molecule has 0 saturated heterocycles. The summed E-state index contributed by atoms with van der Waals surface area (Å²) in [7, 11) is 0. The highest BCUT2D eigenvalue weighted by molar-refractivity contribution is 5.94. The molecule has 1 N–H and O–H groups in total. The Kier molecular flexibility index (Phi) is 6.16. The molecular weight excluding hydrogens is 302 g/mol. The Balaban J connectivity index is 1.81. The molecular formula is C20H19NO3. The van der Waals surface area contributed by atoms with Gasteiger partial charge in [-0.05, 0) is 38.1 Å². The Hall–Kier alpha value is -3.06. The zero-order valence-electron chi connectivity index (χ0n) is 13.7. The van der Waals surface area contributed by atoms with Crippen molar-refractivity contribution in [3.63, 3.8) is 0 Å². The van der Waals surface area contributed by atoms with Gasteiger partial charge in [-0.1, -0.05) is 42.2 Å². The lowest BCUT2D eigenvalue weighted by Crippen LogP contribution is -2.36. The minimum absolute atomic E-state index is 0.0224. The predicted molar refractivity (Wildman–Crippen MR) is 92.9 cm³/mol. The van der Waals surface area contributed by atoms with Crippen molar-refractivity contribution in [2.45, 2.75) is 20.0 Å².